The topological polar surface area (TPSA) is 116 Å². The van der Waals surface area contributed by atoms with Crippen molar-refractivity contribution in [2.75, 3.05) is 0 Å². The van der Waals surface area contributed by atoms with Crippen LogP contribution in [0.4, 0.5) is 52.7 Å². The minimum atomic E-state index is -7.16. The first-order valence-electron chi connectivity index (χ1n) is 5.74. The fraction of sp³-hybridized carbons (Fsp3) is 0.750. The molecule has 0 saturated carbocycles. The number of hydrogen-bond acceptors (Lipinski definition) is 5. The second-order valence-electron chi connectivity index (χ2n) is 4.49. The Morgan fingerprint density at radius 2 is 0.793 bits per heavy atom. The van der Waals surface area contributed by atoms with Gasteiger partial charge < -0.3 is 24.5 Å². The minimum absolute atomic E-state index is 0. The van der Waals surface area contributed by atoms with Crippen LogP contribution in [0.3, 0.4) is 0 Å². The average Bonchev–Trinajstić information content (AvgIpc) is 2.35. The Labute approximate surface area is 161 Å². The molecule has 164 valence electrons. The summed E-state index contributed by atoms with van der Waals surface area (Å²) in [5.41, 5.74) is -13.3. The number of aliphatic carboxylic acids is 2. The van der Waals surface area contributed by atoms with Crippen molar-refractivity contribution in [1.29, 1.82) is 0 Å². The summed E-state index contributed by atoms with van der Waals surface area (Å²) < 4.78 is 155. The molecule has 0 amide bonds. The molecule has 29 heavy (non-hydrogen) atoms. The zero-order chi connectivity index (χ0) is 23.1. The van der Waals surface area contributed by atoms with Gasteiger partial charge in [0.1, 0.15) is 0 Å². The van der Waals surface area contributed by atoms with Crippen molar-refractivity contribution in [2.45, 2.75) is 35.9 Å². The van der Waals surface area contributed by atoms with E-state index in [-0.39, 0.29) is 18.9 Å². The molecule has 0 aliphatic heterocycles. The third-order valence-corrected chi connectivity index (χ3v) is 2.75. The van der Waals surface area contributed by atoms with Gasteiger partial charge in [-0.2, -0.15) is 52.7 Å². The summed E-state index contributed by atoms with van der Waals surface area (Å²) in [4.78, 5) is 20.8. The van der Waals surface area contributed by atoms with E-state index in [0.717, 1.165) is 0 Å². The van der Waals surface area contributed by atoms with Gasteiger partial charge in [-0.25, -0.2) is 9.59 Å². The van der Waals surface area contributed by atoms with Crippen LogP contribution in [0.1, 0.15) is 0 Å². The van der Waals surface area contributed by atoms with E-state index in [2.05, 4.69) is 9.31 Å². The third kappa shape index (κ3) is 5.04. The Balaban J connectivity index is 0. The predicted octanol–water partition coefficient (Wildman–Crippen LogP) is -1.74. The molecule has 0 atom stereocenters. The quantitative estimate of drug-likeness (QED) is 0.361. The number of alkyl halides is 12. The molecule has 0 bridgehead atoms. The van der Waals surface area contributed by atoms with Crippen LogP contribution in [0.5, 0.6) is 0 Å². The second-order valence-corrected chi connectivity index (χ2v) is 4.49. The Bertz CT molecular complexity index is 531. The number of carbonyl (C=O) groups is 2. The van der Waals surface area contributed by atoms with Gasteiger partial charge in [-0.1, -0.05) is 0 Å². The molecular formula is C8H2BF12LiO7. The van der Waals surface area contributed by atoms with Crippen LogP contribution in [-0.2, 0) is 18.9 Å². The Morgan fingerprint density at radius 3 is 0.897 bits per heavy atom. The first kappa shape index (κ1) is 29.8. The van der Waals surface area contributed by atoms with Gasteiger partial charge in [0.25, 0.3) is 0 Å². The van der Waals surface area contributed by atoms with E-state index in [1.165, 1.54) is 0 Å². The van der Waals surface area contributed by atoms with Gasteiger partial charge in [-0.3, -0.25) is 0 Å². The van der Waals surface area contributed by atoms with Gasteiger partial charge in [0.15, 0.2) is 0 Å². The number of halogens is 12. The second kappa shape index (κ2) is 8.41. The van der Waals surface area contributed by atoms with E-state index in [0.29, 0.717) is 0 Å². The predicted molar refractivity (Wildman–Crippen MR) is 52.9 cm³/mol. The van der Waals surface area contributed by atoms with E-state index in [1.54, 1.807) is 0 Å². The first-order chi connectivity index (χ1) is 12.0. The van der Waals surface area contributed by atoms with Gasteiger partial charge in [0.2, 0.25) is 0 Å². The molecule has 0 aromatic heterocycles. The summed E-state index contributed by atoms with van der Waals surface area (Å²) in [7, 11) is -5.20. The monoisotopic (exact) mass is 456 g/mol. The van der Waals surface area contributed by atoms with Crippen molar-refractivity contribution >= 4 is 19.3 Å². The van der Waals surface area contributed by atoms with Crippen molar-refractivity contribution in [2.24, 2.45) is 0 Å². The molecule has 2 N–H and O–H groups in total. The molecule has 0 aliphatic rings. The molecule has 0 heterocycles. The third-order valence-electron chi connectivity index (χ3n) is 2.75. The number of rotatable bonds is 6. The molecule has 0 fully saturated rings. The summed E-state index contributed by atoms with van der Waals surface area (Å²) in [6.07, 6.45) is -28.6. The van der Waals surface area contributed by atoms with Crippen molar-refractivity contribution in [3.8, 4) is 0 Å². The summed E-state index contributed by atoms with van der Waals surface area (Å²) >= 11 is 0. The summed E-state index contributed by atoms with van der Waals surface area (Å²) in [5.74, 6) is -8.23. The smallest absolute Gasteiger partial charge is 0.832 e. The van der Waals surface area contributed by atoms with Crippen molar-refractivity contribution in [1.82, 2.24) is 0 Å². The van der Waals surface area contributed by atoms with E-state index in [9.17, 15) is 67.3 Å². The Morgan fingerprint density at radius 1 is 0.621 bits per heavy atom. The molecule has 7 nitrogen and oxygen atoms in total. The molecule has 21 heteroatoms. The Hall–Kier alpha value is -1.36. The van der Waals surface area contributed by atoms with E-state index >= 15 is 0 Å². The Kier molecular flexibility index (Phi) is 8.65. The van der Waals surface area contributed by atoms with Crippen LogP contribution >= 0.6 is 0 Å². The maximum atomic E-state index is 12.6. The van der Waals surface area contributed by atoms with Gasteiger partial charge in [-0.05, 0) is 0 Å². The molecule has 0 aliphatic carbocycles. The zero-order valence-electron chi connectivity index (χ0n) is 13.0. The normalized spacial score (nSPS) is 14.2. The standard InChI is InChI=1S/C8H2BF12O7.Li/c10-5(11,12)3(1(22)23,6(13,14)15)27-9(26)28-4(2(24)25,7(16,17)18)8(19,20)21;/h(H,22,23)(H,24,25);/q-1;+1. The fourth-order valence-electron chi connectivity index (χ4n) is 1.49. The molecule has 0 saturated heterocycles. The van der Waals surface area contributed by atoms with Gasteiger partial charge in [0, 0.05) is 0 Å². The SMILES string of the molecule is O=C(O)C(OB([O-])OC(C(=O)O)(C(F)(F)F)C(F)(F)F)(C(F)(F)F)C(F)(F)F.[Li+]. The number of hydrogen-bond donors (Lipinski definition) is 2. The molecule has 0 radical (unpaired) electrons. The maximum absolute atomic E-state index is 12.6. The van der Waals surface area contributed by atoms with Crippen LogP contribution < -0.4 is 23.9 Å². The van der Waals surface area contributed by atoms with Gasteiger partial charge in [0.05, 0.1) is 0 Å². The van der Waals surface area contributed by atoms with E-state index in [4.69, 9.17) is 10.2 Å². The largest absolute Gasteiger partial charge is 1.00 e. The molecule has 0 aromatic rings. The number of carboxylic acids is 2. The molecule has 0 aromatic carbocycles. The molecule has 0 spiro atoms. The van der Waals surface area contributed by atoms with Gasteiger partial charge >= 0.3 is 74.0 Å². The van der Waals surface area contributed by atoms with Crippen LogP contribution in [0.15, 0.2) is 0 Å². The molecule has 0 unspecified atom stereocenters. The maximum Gasteiger partial charge on any atom is 1.00 e. The number of carboxylic acid groups (broad SMARTS) is 2. The first-order valence-corrected chi connectivity index (χ1v) is 5.74. The van der Waals surface area contributed by atoms with Gasteiger partial charge in [-0.15, -0.1) is 0 Å². The van der Waals surface area contributed by atoms with E-state index in [1.807, 2.05) is 0 Å². The van der Waals surface area contributed by atoms with Crippen LogP contribution in [-0.4, -0.2) is 65.4 Å². The summed E-state index contributed by atoms with van der Waals surface area (Å²) in [6, 6.07) is 0. The fourth-order valence-corrected chi connectivity index (χ4v) is 1.49. The van der Waals surface area contributed by atoms with Crippen molar-refractivity contribution in [3.63, 3.8) is 0 Å². The van der Waals surface area contributed by atoms with Crippen LogP contribution in [0.2, 0.25) is 0 Å². The van der Waals surface area contributed by atoms with Crippen molar-refractivity contribution in [3.05, 3.63) is 0 Å². The summed E-state index contributed by atoms with van der Waals surface area (Å²) in [6.45, 7) is 0. The van der Waals surface area contributed by atoms with E-state index < -0.39 is 55.2 Å². The van der Waals surface area contributed by atoms with Crippen molar-refractivity contribution < 1.29 is 106 Å². The minimum Gasteiger partial charge on any atom is -0.832 e. The molecule has 0 rings (SSSR count). The summed E-state index contributed by atoms with van der Waals surface area (Å²) in [5, 5.41) is 27.3. The zero-order valence-corrected chi connectivity index (χ0v) is 13.0. The van der Waals surface area contributed by atoms with Crippen LogP contribution in [0.25, 0.3) is 0 Å². The average molecular weight is 456 g/mol. The molecular weight excluding hydrogens is 454 g/mol. The van der Waals surface area contributed by atoms with Crippen LogP contribution in [0, 0.1) is 0 Å².